The minimum absolute atomic E-state index is 0.673. The minimum Gasteiger partial charge on any atom is -0.311 e. The Labute approximate surface area is 115 Å². The molecule has 1 aliphatic heterocycles. The summed E-state index contributed by atoms with van der Waals surface area (Å²) in [5.74, 6) is 0.787. The molecule has 2 heterocycles. The van der Waals surface area contributed by atoms with Gasteiger partial charge >= 0.3 is 0 Å². The maximum atomic E-state index is 3.68. The van der Waals surface area contributed by atoms with Crippen molar-refractivity contribution in [1.82, 2.24) is 10.2 Å². The second-order valence-electron chi connectivity index (χ2n) is 5.96. The monoisotopic (exact) mass is 266 g/mol. The van der Waals surface area contributed by atoms with Crippen molar-refractivity contribution in [3.8, 4) is 0 Å². The molecule has 1 fully saturated rings. The van der Waals surface area contributed by atoms with E-state index in [0.717, 1.165) is 12.5 Å². The average Bonchev–Trinajstić information content (AvgIpc) is 2.82. The summed E-state index contributed by atoms with van der Waals surface area (Å²) in [6.45, 7) is 10.5. The van der Waals surface area contributed by atoms with Gasteiger partial charge in [0.15, 0.2) is 0 Å². The van der Waals surface area contributed by atoms with Gasteiger partial charge in [-0.3, -0.25) is 4.90 Å². The van der Waals surface area contributed by atoms with Crippen molar-refractivity contribution in [3.63, 3.8) is 0 Å². The van der Waals surface area contributed by atoms with Crippen molar-refractivity contribution < 1.29 is 0 Å². The van der Waals surface area contributed by atoms with Crippen LogP contribution in [0.25, 0.3) is 0 Å². The quantitative estimate of drug-likeness (QED) is 0.881. The predicted octanol–water partition coefficient (Wildman–Crippen LogP) is 3.00. The molecule has 2 atom stereocenters. The van der Waals surface area contributed by atoms with E-state index in [1.54, 1.807) is 11.3 Å². The molecule has 3 heteroatoms. The minimum atomic E-state index is 0.673. The number of piperazine rings is 1. The third kappa shape index (κ3) is 4.08. The molecule has 2 nitrogen and oxygen atoms in total. The Hall–Kier alpha value is -0.380. The molecule has 1 saturated heterocycles. The highest BCUT2D eigenvalue weighted by molar-refractivity contribution is 7.07. The summed E-state index contributed by atoms with van der Waals surface area (Å²) in [4.78, 5) is 2.65. The number of thiophene rings is 1. The molecule has 1 aliphatic rings. The fourth-order valence-electron chi connectivity index (χ4n) is 2.74. The van der Waals surface area contributed by atoms with Gasteiger partial charge in [-0.05, 0) is 48.1 Å². The first-order valence-corrected chi connectivity index (χ1v) is 8.08. The number of nitrogens with one attached hydrogen (secondary N) is 1. The van der Waals surface area contributed by atoms with Crippen LogP contribution in [-0.2, 0) is 6.42 Å². The predicted molar refractivity (Wildman–Crippen MR) is 80.3 cm³/mol. The van der Waals surface area contributed by atoms with Crippen LogP contribution in [0.1, 0.15) is 32.8 Å². The Morgan fingerprint density at radius 2 is 2.33 bits per heavy atom. The fourth-order valence-corrected chi connectivity index (χ4v) is 3.44. The van der Waals surface area contributed by atoms with E-state index in [4.69, 9.17) is 0 Å². The normalized spacial score (nSPS) is 25.8. The standard InChI is InChI=1S/C15H26N2S/c1-12(2)8-15-10-17(13(3)9-16-15)6-4-14-5-7-18-11-14/h5,7,11-13,15-16H,4,6,8-10H2,1-3H3. The number of rotatable bonds is 5. The van der Waals surface area contributed by atoms with Crippen molar-refractivity contribution in [2.24, 2.45) is 5.92 Å². The highest BCUT2D eigenvalue weighted by Gasteiger charge is 2.24. The van der Waals surface area contributed by atoms with Crippen molar-refractivity contribution in [2.45, 2.75) is 45.7 Å². The Balaban J connectivity index is 1.81. The molecule has 2 unspecified atom stereocenters. The van der Waals surface area contributed by atoms with Gasteiger partial charge < -0.3 is 5.32 Å². The van der Waals surface area contributed by atoms with E-state index in [0.29, 0.717) is 12.1 Å². The van der Waals surface area contributed by atoms with Gasteiger partial charge in [-0.15, -0.1) is 0 Å². The smallest absolute Gasteiger partial charge is 0.0198 e. The first-order valence-electron chi connectivity index (χ1n) is 7.13. The third-order valence-corrected chi connectivity index (χ3v) is 4.54. The van der Waals surface area contributed by atoms with Crippen molar-refractivity contribution in [2.75, 3.05) is 19.6 Å². The third-order valence-electron chi connectivity index (χ3n) is 3.80. The van der Waals surface area contributed by atoms with Crippen molar-refractivity contribution >= 4 is 11.3 Å². The Bertz CT molecular complexity index is 334. The summed E-state index contributed by atoms with van der Waals surface area (Å²) in [5, 5.41) is 8.14. The summed E-state index contributed by atoms with van der Waals surface area (Å²) in [5.41, 5.74) is 1.49. The van der Waals surface area contributed by atoms with E-state index in [2.05, 4.69) is 47.8 Å². The van der Waals surface area contributed by atoms with Crippen LogP contribution in [0.4, 0.5) is 0 Å². The maximum absolute atomic E-state index is 3.68. The van der Waals surface area contributed by atoms with E-state index in [9.17, 15) is 0 Å². The zero-order valence-corrected chi connectivity index (χ0v) is 12.7. The summed E-state index contributed by atoms with van der Waals surface area (Å²) in [6, 6.07) is 3.61. The molecule has 0 spiro atoms. The maximum Gasteiger partial charge on any atom is 0.0198 e. The second kappa shape index (κ2) is 6.69. The summed E-state index contributed by atoms with van der Waals surface area (Å²) in [7, 11) is 0. The van der Waals surface area contributed by atoms with E-state index in [-0.39, 0.29) is 0 Å². The van der Waals surface area contributed by atoms with Gasteiger partial charge in [0, 0.05) is 31.7 Å². The topological polar surface area (TPSA) is 15.3 Å². The molecule has 0 aliphatic carbocycles. The van der Waals surface area contributed by atoms with Crippen LogP contribution in [0.3, 0.4) is 0 Å². The highest BCUT2D eigenvalue weighted by atomic mass is 32.1. The molecule has 0 saturated carbocycles. The van der Waals surface area contributed by atoms with E-state index in [1.807, 2.05) is 0 Å². The molecule has 18 heavy (non-hydrogen) atoms. The molecule has 0 amide bonds. The van der Waals surface area contributed by atoms with E-state index < -0.39 is 0 Å². The first kappa shape index (κ1) is 14.0. The van der Waals surface area contributed by atoms with Gasteiger partial charge in [-0.1, -0.05) is 13.8 Å². The lowest BCUT2D eigenvalue weighted by Gasteiger charge is -2.39. The van der Waals surface area contributed by atoms with E-state index >= 15 is 0 Å². The molecular formula is C15H26N2S. The Morgan fingerprint density at radius 1 is 1.50 bits per heavy atom. The Morgan fingerprint density at radius 3 is 3.00 bits per heavy atom. The first-order chi connectivity index (χ1) is 8.65. The van der Waals surface area contributed by atoms with Crippen LogP contribution in [0, 0.1) is 5.92 Å². The van der Waals surface area contributed by atoms with Crippen LogP contribution in [0.15, 0.2) is 16.8 Å². The SMILES string of the molecule is CC(C)CC1CN(CCc2ccsc2)C(C)CN1. The zero-order chi connectivity index (χ0) is 13.0. The number of hydrogen-bond donors (Lipinski definition) is 1. The lowest BCUT2D eigenvalue weighted by Crippen LogP contribution is -2.56. The largest absolute Gasteiger partial charge is 0.311 e. The van der Waals surface area contributed by atoms with Crippen LogP contribution in [-0.4, -0.2) is 36.6 Å². The number of nitrogens with zero attached hydrogens (tertiary/aromatic N) is 1. The van der Waals surface area contributed by atoms with Gasteiger partial charge in [0.2, 0.25) is 0 Å². The average molecular weight is 266 g/mol. The van der Waals surface area contributed by atoms with Crippen LogP contribution < -0.4 is 5.32 Å². The summed E-state index contributed by atoms with van der Waals surface area (Å²) >= 11 is 1.81. The van der Waals surface area contributed by atoms with Gasteiger partial charge in [-0.25, -0.2) is 0 Å². The fraction of sp³-hybridized carbons (Fsp3) is 0.733. The zero-order valence-electron chi connectivity index (χ0n) is 11.9. The van der Waals surface area contributed by atoms with Crippen molar-refractivity contribution in [1.29, 1.82) is 0 Å². The van der Waals surface area contributed by atoms with Crippen LogP contribution in [0.2, 0.25) is 0 Å². The molecule has 1 N–H and O–H groups in total. The van der Waals surface area contributed by atoms with Crippen LogP contribution in [0.5, 0.6) is 0 Å². The van der Waals surface area contributed by atoms with Gasteiger partial charge in [0.1, 0.15) is 0 Å². The Kier molecular flexibility index (Phi) is 5.22. The lowest BCUT2D eigenvalue weighted by atomic mass is 10.00. The molecule has 0 radical (unpaired) electrons. The summed E-state index contributed by atoms with van der Waals surface area (Å²) in [6.07, 6.45) is 2.49. The highest BCUT2D eigenvalue weighted by Crippen LogP contribution is 2.14. The molecule has 1 aromatic heterocycles. The van der Waals surface area contributed by atoms with Gasteiger partial charge in [0.25, 0.3) is 0 Å². The molecule has 0 bridgehead atoms. The lowest BCUT2D eigenvalue weighted by molar-refractivity contribution is 0.133. The van der Waals surface area contributed by atoms with Gasteiger partial charge in [-0.2, -0.15) is 11.3 Å². The van der Waals surface area contributed by atoms with Crippen molar-refractivity contribution in [3.05, 3.63) is 22.4 Å². The van der Waals surface area contributed by atoms with Crippen LogP contribution >= 0.6 is 11.3 Å². The van der Waals surface area contributed by atoms with E-state index in [1.165, 1.54) is 31.5 Å². The molecular weight excluding hydrogens is 240 g/mol. The number of hydrogen-bond acceptors (Lipinski definition) is 3. The summed E-state index contributed by atoms with van der Waals surface area (Å²) < 4.78 is 0. The second-order valence-corrected chi connectivity index (χ2v) is 6.74. The molecule has 1 aromatic rings. The molecule has 102 valence electrons. The molecule has 0 aromatic carbocycles. The molecule has 2 rings (SSSR count). The van der Waals surface area contributed by atoms with Gasteiger partial charge in [0.05, 0.1) is 0 Å².